The second-order valence-electron chi connectivity index (χ2n) is 7.29. The highest BCUT2D eigenvalue weighted by molar-refractivity contribution is 5.89. The third kappa shape index (κ3) is 3.20. The molecule has 4 rings (SSSR count). The van der Waals surface area contributed by atoms with Gasteiger partial charge in [0.05, 0.1) is 19.8 Å². The number of hydrogen-bond acceptors (Lipinski definition) is 4. The number of rotatable bonds is 7. The van der Waals surface area contributed by atoms with Gasteiger partial charge in [0.2, 0.25) is 5.91 Å². The summed E-state index contributed by atoms with van der Waals surface area (Å²) in [6, 6.07) is 13.9. The van der Waals surface area contributed by atoms with E-state index in [-0.39, 0.29) is 11.8 Å². The van der Waals surface area contributed by atoms with Crippen LogP contribution >= 0.6 is 0 Å². The summed E-state index contributed by atoms with van der Waals surface area (Å²) in [6.45, 7) is 0.420. The Morgan fingerprint density at radius 2 is 1.93 bits per heavy atom. The fourth-order valence-electron chi connectivity index (χ4n) is 3.69. The van der Waals surface area contributed by atoms with Gasteiger partial charge < -0.3 is 25.5 Å². The molecule has 6 heteroatoms. The van der Waals surface area contributed by atoms with Crippen LogP contribution in [-0.4, -0.2) is 37.2 Å². The number of ether oxygens (including phenoxy) is 2. The van der Waals surface area contributed by atoms with Gasteiger partial charge >= 0.3 is 0 Å². The molecule has 1 amide bonds. The van der Waals surface area contributed by atoms with Gasteiger partial charge in [0.15, 0.2) is 11.5 Å². The topological polar surface area (TPSA) is 89.4 Å². The van der Waals surface area contributed by atoms with Crippen molar-refractivity contribution >= 4 is 16.8 Å². The highest BCUT2D eigenvalue weighted by atomic mass is 16.5. The van der Waals surface area contributed by atoms with Crippen LogP contribution < -0.4 is 20.5 Å². The lowest BCUT2D eigenvalue weighted by Crippen LogP contribution is -2.44. The minimum Gasteiger partial charge on any atom is -0.493 e. The van der Waals surface area contributed by atoms with Crippen LogP contribution in [0.15, 0.2) is 48.7 Å². The van der Waals surface area contributed by atoms with Crippen LogP contribution in [-0.2, 0) is 4.79 Å². The number of amides is 1. The van der Waals surface area contributed by atoms with E-state index in [1.54, 1.807) is 14.2 Å². The normalized spacial score (nSPS) is 15.8. The summed E-state index contributed by atoms with van der Waals surface area (Å²) in [7, 11) is 3.25. The fraction of sp³-hybridized carbons (Fsp3) is 0.318. The molecule has 1 heterocycles. The third-order valence-corrected chi connectivity index (χ3v) is 5.51. The molecule has 0 spiro atoms. The minimum absolute atomic E-state index is 0.0980. The molecule has 0 radical (unpaired) electrons. The quantitative estimate of drug-likeness (QED) is 0.589. The lowest BCUT2D eigenvalue weighted by Gasteiger charge is -2.22. The molecule has 2 aromatic carbocycles. The highest BCUT2D eigenvalue weighted by Gasteiger charge is 2.46. The Hall–Kier alpha value is -2.99. The number of H-pyrrole nitrogens is 1. The maximum atomic E-state index is 12.5. The van der Waals surface area contributed by atoms with Gasteiger partial charge in [0.25, 0.3) is 0 Å². The number of fused-ring (bicyclic) bond motifs is 1. The second-order valence-corrected chi connectivity index (χ2v) is 7.29. The van der Waals surface area contributed by atoms with E-state index in [0.717, 1.165) is 34.9 Å². The van der Waals surface area contributed by atoms with Gasteiger partial charge in [-0.25, -0.2) is 0 Å². The molecular formula is C22H25N3O3. The molecule has 0 aliphatic heterocycles. The van der Waals surface area contributed by atoms with E-state index in [0.29, 0.717) is 18.0 Å². The van der Waals surface area contributed by atoms with Gasteiger partial charge in [0.1, 0.15) is 0 Å². The van der Waals surface area contributed by atoms with Crippen LogP contribution in [0.3, 0.4) is 0 Å². The van der Waals surface area contributed by atoms with Crippen molar-refractivity contribution in [2.24, 2.45) is 5.73 Å². The molecule has 1 aromatic heterocycles. The number of benzene rings is 2. The molecule has 1 aliphatic carbocycles. The molecule has 0 bridgehead atoms. The summed E-state index contributed by atoms with van der Waals surface area (Å²) in [4.78, 5) is 15.8. The summed E-state index contributed by atoms with van der Waals surface area (Å²) in [5.41, 5.74) is 8.45. The van der Waals surface area contributed by atoms with Gasteiger partial charge in [-0.3, -0.25) is 4.79 Å². The Balaban J connectivity index is 1.77. The van der Waals surface area contributed by atoms with Crippen molar-refractivity contribution in [1.82, 2.24) is 10.3 Å². The molecule has 1 unspecified atom stereocenters. The number of hydrogen-bond donors (Lipinski definition) is 3. The van der Waals surface area contributed by atoms with E-state index in [2.05, 4.69) is 16.4 Å². The van der Waals surface area contributed by atoms with Crippen molar-refractivity contribution in [3.63, 3.8) is 0 Å². The van der Waals surface area contributed by atoms with Crippen molar-refractivity contribution in [2.75, 3.05) is 20.8 Å². The largest absolute Gasteiger partial charge is 0.493 e. The molecule has 4 N–H and O–H groups in total. The van der Waals surface area contributed by atoms with Gasteiger partial charge in [0, 0.05) is 35.1 Å². The number of carbonyl (C=O) groups is 1. The number of carbonyl (C=O) groups excluding carboxylic acids is 1. The van der Waals surface area contributed by atoms with Crippen molar-refractivity contribution in [1.29, 1.82) is 0 Å². The first kappa shape index (κ1) is 18.4. The zero-order valence-corrected chi connectivity index (χ0v) is 16.1. The third-order valence-electron chi connectivity index (χ3n) is 5.51. The van der Waals surface area contributed by atoms with E-state index in [1.165, 1.54) is 0 Å². The number of nitrogens with two attached hydrogens (primary N) is 1. The van der Waals surface area contributed by atoms with Crippen LogP contribution in [0, 0.1) is 0 Å². The predicted molar refractivity (Wildman–Crippen MR) is 109 cm³/mol. The SMILES string of the molecule is COc1cccc(C(CNC(=O)C2(N)CC2)c2c[nH]c3ccccc23)c1OC. The number of aromatic amines is 1. The Morgan fingerprint density at radius 1 is 1.14 bits per heavy atom. The van der Waals surface area contributed by atoms with Gasteiger partial charge in [-0.15, -0.1) is 0 Å². The summed E-state index contributed by atoms with van der Waals surface area (Å²) < 4.78 is 11.2. The predicted octanol–water partition coefficient (Wildman–Crippen LogP) is 2.92. The molecule has 1 atom stereocenters. The minimum atomic E-state index is -0.705. The smallest absolute Gasteiger partial charge is 0.240 e. The summed E-state index contributed by atoms with van der Waals surface area (Å²) in [6.07, 6.45) is 3.47. The standard InChI is InChI=1S/C22H25N3O3/c1-27-19-9-5-7-15(20(19)28-2)17(13-25-21(26)22(23)10-11-22)16-12-24-18-8-4-3-6-14(16)18/h3-9,12,17,24H,10-11,13,23H2,1-2H3,(H,25,26). The first-order chi connectivity index (χ1) is 13.6. The molecule has 28 heavy (non-hydrogen) atoms. The monoisotopic (exact) mass is 379 g/mol. The van der Waals surface area contributed by atoms with E-state index < -0.39 is 5.54 Å². The van der Waals surface area contributed by atoms with E-state index in [1.807, 2.05) is 42.6 Å². The van der Waals surface area contributed by atoms with Gasteiger partial charge in [-0.2, -0.15) is 0 Å². The fourth-order valence-corrected chi connectivity index (χ4v) is 3.69. The van der Waals surface area contributed by atoms with Crippen molar-refractivity contribution in [3.8, 4) is 11.5 Å². The summed E-state index contributed by atoms with van der Waals surface area (Å²) in [5.74, 6) is 1.11. The molecule has 0 saturated heterocycles. The molecule has 1 saturated carbocycles. The van der Waals surface area contributed by atoms with Crippen molar-refractivity contribution in [2.45, 2.75) is 24.3 Å². The summed E-state index contributed by atoms with van der Waals surface area (Å²) in [5, 5.41) is 4.16. The van der Waals surface area contributed by atoms with Crippen LogP contribution in [0.25, 0.3) is 10.9 Å². The van der Waals surface area contributed by atoms with Gasteiger partial charge in [-0.1, -0.05) is 30.3 Å². The number of aromatic nitrogens is 1. The van der Waals surface area contributed by atoms with Crippen LogP contribution in [0.4, 0.5) is 0 Å². The molecule has 1 fully saturated rings. The summed E-state index contributed by atoms with van der Waals surface area (Å²) >= 11 is 0. The molecule has 146 valence electrons. The Bertz CT molecular complexity index is 1010. The Kier molecular flexibility index (Phi) is 4.73. The maximum Gasteiger partial charge on any atom is 0.240 e. The van der Waals surface area contributed by atoms with E-state index in [9.17, 15) is 4.79 Å². The van der Waals surface area contributed by atoms with E-state index >= 15 is 0 Å². The molecular weight excluding hydrogens is 354 g/mol. The van der Waals surface area contributed by atoms with Crippen molar-refractivity contribution in [3.05, 3.63) is 59.8 Å². The van der Waals surface area contributed by atoms with Crippen LogP contribution in [0.5, 0.6) is 11.5 Å². The zero-order valence-electron chi connectivity index (χ0n) is 16.1. The number of nitrogens with one attached hydrogen (secondary N) is 2. The van der Waals surface area contributed by atoms with Gasteiger partial charge in [-0.05, 0) is 30.5 Å². The Labute approximate surface area is 164 Å². The average Bonchev–Trinajstić information content (AvgIpc) is 3.34. The number of para-hydroxylation sites is 2. The average molecular weight is 379 g/mol. The first-order valence-electron chi connectivity index (χ1n) is 9.41. The van der Waals surface area contributed by atoms with Crippen molar-refractivity contribution < 1.29 is 14.3 Å². The molecule has 1 aliphatic rings. The lowest BCUT2D eigenvalue weighted by atomic mass is 9.89. The maximum absolute atomic E-state index is 12.5. The zero-order chi connectivity index (χ0) is 19.7. The van der Waals surface area contributed by atoms with Crippen LogP contribution in [0.2, 0.25) is 0 Å². The lowest BCUT2D eigenvalue weighted by molar-refractivity contribution is -0.123. The molecule has 6 nitrogen and oxygen atoms in total. The van der Waals surface area contributed by atoms with E-state index in [4.69, 9.17) is 15.2 Å². The number of methoxy groups -OCH3 is 2. The Morgan fingerprint density at radius 3 is 2.64 bits per heavy atom. The highest BCUT2D eigenvalue weighted by Crippen LogP contribution is 2.40. The first-order valence-corrected chi connectivity index (χ1v) is 9.41. The van der Waals surface area contributed by atoms with Crippen LogP contribution in [0.1, 0.15) is 29.9 Å². The second kappa shape index (κ2) is 7.20. The molecule has 3 aromatic rings.